The van der Waals surface area contributed by atoms with Crippen molar-refractivity contribution in [2.24, 2.45) is 0 Å². The number of fused-ring (bicyclic) bond motifs is 1. The molecule has 0 atom stereocenters. The minimum absolute atomic E-state index is 0.0903. The highest BCUT2D eigenvalue weighted by molar-refractivity contribution is 5.99. The molecule has 1 aliphatic carbocycles. The quantitative estimate of drug-likeness (QED) is 0.231. The molecule has 196 valence electrons. The monoisotopic (exact) mass is 510 g/mol. The summed E-state index contributed by atoms with van der Waals surface area (Å²) in [5.74, 6) is -0.378. The van der Waals surface area contributed by atoms with Crippen molar-refractivity contribution in [1.82, 2.24) is 9.47 Å². The molecule has 0 radical (unpaired) electrons. The summed E-state index contributed by atoms with van der Waals surface area (Å²) in [4.78, 5) is 28.6. The normalized spacial score (nSPS) is 13.2. The van der Waals surface area contributed by atoms with E-state index < -0.39 is 0 Å². The SMILES string of the molecule is CCOC(=O)c1c(CN(C(=O)OCc2ccccc2)C2CCC2)c2ccccc2n1Cc1ccc(C)cc1. The standard InChI is InChI=1S/C32H34N2O4/c1-3-37-31(35)30-28(21-33(26-12-9-13-26)32(36)38-22-25-10-5-4-6-11-25)27-14-7-8-15-29(27)34(30)20-24-18-16-23(2)17-19-24/h4-8,10-11,14-19,26H,3,9,12-13,20-22H2,1-2H3. The first-order valence-corrected chi connectivity index (χ1v) is 13.3. The van der Waals surface area contributed by atoms with E-state index in [0.717, 1.165) is 46.9 Å². The Hall–Kier alpha value is -4.06. The molecule has 5 rings (SSSR count). The number of ether oxygens (including phenoxy) is 2. The van der Waals surface area contributed by atoms with Gasteiger partial charge in [-0.1, -0.05) is 78.4 Å². The Morgan fingerprint density at radius 3 is 2.29 bits per heavy atom. The van der Waals surface area contributed by atoms with Gasteiger partial charge in [0, 0.05) is 29.1 Å². The van der Waals surface area contributed by atoms with Crippen molar-refractivity contribution in [1.29, 1.82) is 0 Å². The second-order valence-corrected chi connectivity index (χ2v) is 9.89. The number of aromatic nitrogens is 1. The van der Waals surface area contributed by atoms with Gasteiger partial charge in [0.05, 0.1) is 13.2 Å². The summed E-state index contributed by atoms with van der Waals surface area (Å²) in [6.45, 7) is 5.17. The number of nitrogens with zero attached hydrogens (tertiary/aromatic N) is 2. The zero-order valence-electron chi connectivity index (χ0n) is 22.1. The first-order chi connectivity index (χ1) is 18.5. The van der Waals surface area contributed by atoms with Crippen molar-refractivity contribution in [3.05, 3.63) is 107 Å². The van der Waals surface area contributed by atoms with Gasteiger partial charge in [0.2, 0.25) is 0 Å². The fourth-order valence-corrected chi connectivity index (χ4v) is 5.02. The zero-order valence-corrected chi connectivity index (χ0v) is 22.1. The second-order valence-electron chi connectivity index (χ2n) is 9.89. The van der Waals surface area contributed by atoms with Crippen LogP contribution in [-0.2, 0) is 29.2 Å². The van der Waals surface area contributed by atoms with Gasteiger partial charge in [-0.15, -0.1) is 0 Å². The summed E-state index contributed by atoms with van der Waals surface area (Å²) in [6.07, 6.45) is 2.57. The molecule has 1 fully saturated rings. The molecular weight excluding hydrogens is 476 g/mol. The van der Waals surface area contributed by atoms with Gasteiger partial charge in [-0.3, -0.25) is 0 Å². The van der Waals surface area contributed by atoms with Crippen LogP contribution in [0.25, 0.3) is 10.9 Å². The van der Waals surface area contributed by atoms with E-state index in [1.54, 1.807) is 4.90 Å². The van der Waals surface area contributed by atoms with Gasteiger partial charge in [0.25, 0.3) is 0 Å². The Kier molecular flexibility index (Phi) is 7.78. The van der Waals surface area contributed by atoms with Gasteiger partial charge in [-0.2, -0.15) is 0 Å². The van der Waals surface area contributed by atoms with Crippen LogP contribution in [0.4, 0.5) is 4.79 Å². The minimum Gasteiger partial charge on any atom is -0.461 e. The van der Waals surface area contributed by atoms with Gasteiger partial charge in [-0.25, -0.2) is 9.59 Å². The van der Waals surface area contributed by atoms with Crippen molar-refractivity contribution >= 4 is 23.0 Å². The summed E-state index contributed by atoms with van der Waals surface area (Å²) in [5.41, 5.74) is 5.45. The maximum absolute atomic E-state index is 13.4. The molecule has 0 saturated heterocycles. The molecule has 6 heteroatoms. The summed E-state index contributed by atoms with van der Waals surface area (Å²) < 4.78 is 13.3. The van der Waals surface area contributed by atoms with Crippen LogP contribution >= 0.6 is 0 Å². The molecule has 0 aliphatic heterocycles. The molecule has 1 aromatic heterocycles. The molecule has 38 heavy (non-hydrogen) atoms. The lowest BCUT2D eigenvalue weighted by molar-refractivity contribution is 0.0493. The van der Waals surface area contributed by atoms with Crippen LogP contribution in [0.2, 0.25) is 0 Å². The van der Waals surface area contributed by atoms with Crippen LogP contribution in [0.15, 0.2) is 78.9 Å². The first kappa shape index (κ1) is 25.6. The summed E-state index contributed by atoms with van der Waals surface area (Å²) in [6, 6.07) is 26.1. The van der Waals surface area contributed by atoms with E-state index in [-0.39, 0.29) is 37.9 Å². The van der Waals surface area contributed by atoms with Crippen molar-refractivity contribution in [3.63, 3.8) is 0 Å². The van der Waals surface area contributed by atoms with Crippen LogP contribution in [0.3, 0.4) is 0 Å². The second kappa shape index (κ2) is 11.5. The highest BCUT2D eigenvalue weighted by Gasteiger charge is 2.33. The van der Waals surface area contributed by atoms with E-state index in [9.17, 15) is 9.59 Å². The van der Waals surface area contributed by atoms with E-state index in [1.807, 2.05) is 66.1 Å². The van der Waals surface area contributed by atoms with E-state index in [4.69, 9.17) is 9.47 Å². The Morgan fingerprint density at radius 1 is 0.895 bits per heavy atom. The fraction of sp³-hybridized carbons (Fsp3) is 0.312. The lowest BCUT2D eigenvalue weighted by Gasteiger charge is -2.37. The molecule has 1 heterocycles. The van der Waals surface area contributed by atoms with Crippen molar-refractivity contribution in [2.45, 2.75) is 58.8 Å². The third-order valence-electron chi connectivity index (χ3n) is 7.29. The number of hydrogen-bond acceptors (Lipinski definition) is 4. The molecule has 0 bridgehead atoms. The molecule has 6 nitrogen and oxygen atoms in total. The molecular formula is C32H34N2O4. The highest BCUT2D eigenvalue weighted by Crippen LogP contribution is 2.33. The lowest BCUT2D eigenvalue weighted by atomic mass is 9.91. The zero-order chi connectivity index (χ0) is 26.5. The average Bonchev–Trinajstić information content (AvgIpc) is 3.21. The topological polar surface area (TPSA) is 60.8 Å². The molecule has 1 aliphatic rings. The van der Waals surface area contributed by atoms with Gasteiger partial charge in [0.15, 0.2) is 0 Å². The number of para-hydroxylation sites is 1. The maximum atomic E-state index is 13.4. The number of hydrogen-bond donors (Lipinski definition) is 0. The number of aryl methyl sites for hydroxylation is 1. The van der Waals surface area contributed by atoms with Crippen molar-refractivity contribution < 1.29 is 19.1 Å². The first-order valence-electron chi connectivity index (χ1n) is 13.3. The smallest absolute Gasteiger partial charge is 0.410 e. The Morgan fingerprint density at radius 2 is 1.61 bits per heavy atom. The van der Waals surface area contributed by atoms with Crippen LogP contribution in [0.5, 0.6) is 0 Å². The molecule has 1 amide bonds. The van der Waals surface area contributed by atoms with E-state index in [2.05, 4.69) is 31.2 Å². The minimum atomic E-state index is -0.378. The van der Waals surface area contributed by atoms with E-state index in [0.29, 0.717) is 12.2 Å². The maximum Gasteiger partial charge on any atom is 0.410 e. The fourth-order valence-electron chi connectivity index (χ4n) is 5.02. The molecule has 0 N–H and O–H groups in total. The van der Waals surface area contributed by atoms with E-state index in [1.165, 1.54) is 5.56 Å². The van der Waals surface area contributed by atoms with Crippen LogP contribution in [0, 0.1) is 6.92 Å². The number of amides is 1. The Bertz CT molecular complexity index is 1400. The van der Waals surface area contributed by atoms with Crippen molar-refractivity contribution in [3.8, 4) is 0 Å². The molecule has 1 saturated carbocycles. The predicted octanol–water partition coefficient (Wildman–Crippen LogP) is 6.87. The van der Waals surface area contributed by atoms with E-state index >= 15 is 0 Å². The molecule has 4 aromatic rings. The Balaban J connectivity index is 1.53. The summed E-state index contributed by atoms with van der Waals surface area (Å²) >= 11 is 0. The number of benzene rings is 3. The third-order valence-corrected chi connectivity index (χ3v) is 7.29. The van der Waals surface area contributed by atoms with Crippen LogP contribution in [0.1, 0.15) is 58.9 Å². The Labute approximate surface area is 223 Å². The summed E-state index contributed by atoms with van der Waals surface area (Å²) in [5, 5.41) is 0.947. The number of rotatable bonds is 9. The van der Waals surface area contributed by atoms with Gasteiger partial charge in [0.1, 0.15) is 12.3 Å². The van der Waals surface area contributed by atoms with Gasteiger partial charge >= 0.3 is 12.1 Å². The summed E-state index contributed by atoms with van der Waals surface area (Å²) in [7, 11) is 0. The van der Waals surface area contributed by atoms with Crippen LogP contribution in [-0.4, -0.2) is 34.2 Å². The predicted molar refractivity (Wildman–Crippen MR) is 148 cm³/mol. The van der Waals surface area contributed by atoms with Gasteiger partial charge < -0.3 is 18.9 Å². The molecule has 0 spiro atoms. The highest BCUT2D eigenvalue weighted by atomic mass is 16.6. The number of carbonyl (C=O) groups is 2. The largest absolute Gasteiger partial charge is 0.461 e. The average molecular weight is 511 g/mol. The third kappa shape index (κ3) is 5.44. The molecule has 3 aromatic carbocycles. The number of carbonyl (C=O) groups excluding carboxylic acids is 2. The lowest BCUT2D eigenvalue weighted by Crippen LogP contribution is -2.44. The number of esters is 1. The van der Waals surface area contributed by atoms with Crippen molar-refractivity contribution in [2.75, 3.05) is 6.61 Å². The van der Waals surface area contributed by atoms with Crippen LogP contribution < -0.4 is 0 Å². The molecule has 0 unspecified atom stereocenters. The van der Waals surface area contributed by atoms with Gasteiger partial charge in [-0.05, 0) is 50.3 Å².